The molecule has 1 saturated heterocycles. The summed E-state index contributed by atoms with van der Waals surface area (Å²) in [5.74, 6) is -0.182. The molecule has 2 atom stereocenters. The molecule has 2 aliphatic carbocycles. The summed E-state index contributed by atoms with van der Waals surface area (Å²) in [6.45, 7) is 1.79. The molecule has 1 heterocycles. The molecule has 1 aromatic rings. The van der Waals surface area contributed by atoms with Crippen LogP contribution in [0.1, 0.15) is 50.5 Å². The Kier molecular flexibility index (Phi) is 3.80. The second-order valence-corrected chi connectivity index (χ2v) is 7.68. The topological polar surface area (TPSA) is 58.4 Å². The summed E-state index contributed by atoms with van der Waals surface area (Å²) in [4.78, 5) is 13.8. The van der Waals surface area contributed by atoms with Crippen molar-refractivity contribution in [3.8, 4) is 0 Å². The van der Waals surface area contributed by atoms with Crippen LogP contribution in [-0.2, 0) is 11.3 Å². The number of rotatable bonds is 5. The minimum absolute atomic E-state index is 0.0866. The molecule has 0 radical (unpaired) electrons. The van der Waals surface area contributed by atoms with Gasteiger partial charge >= 0.3 is 0 Å². The molecule has 124 valence electrons. The van der Waals surface area contributed by atoms with Crippen molar-refractivity contribution in [3.63, 3.8) is 0 Å². The number of nitrogens with zero attached hydrogens (tertiary/aromatic N) is 1. The van der Waals surface area contributed by atoms with Crippen molar-refractivity contribution in [3.05, 3.63) is 29.8 Å². The van der Waals surface area contributed by atoms with Crippen LogP contribution in [0, 0.1) is 5.41 Å². The Morgan fingerprint density at radius 1 is 1.26 bits per heavy atom. The Labute approximate surface area is 138 Å². The Bertz CT molecular complexity index is 591. The number of nitrogens with two attached hydrogens (primary N) is 1. The van der Waals surface area contributed by atoms with Gasteiger partial charge in [-0.15, -0.1) is 0 Å². The quantitative estimate of drug-likeness (QED) is 0.879. The molecule has 1 spiro atoms. The molecule has 1 aromatic carbocycles. The Hall–Kier alpha value is -1.55. The van der Waals surface area contributed by atoms with E-state index < -0.39 is 0 Å². The van der Waals surface area contributed by atoms with E-state index in [9.17, 15) is 4.79 Å². The average molecular weight is 313 g/mol. The highest BCUT2D eigenvalue weighted by atomic mass is 16.1. The lowest BCUT2D eigenvalue weighted by Crippen LogP contribution is -2.53. The molecule has 0 bridgehead atoms. The fourth-order valence-electron chi connectivity index (χ4n) is 4.68. The molecule has 23 heavy (non-hydrogen) atoms. The molecule has 4 nitrogen and oxygen atoms in total. The highest BCUT2D eigenvalue weighted by Crippen LogP contribution is 2.56. The van der Waals surface area contributed by atoms with Crippen LogP contribution in [0.3, 0.4) is 0 Å². The molecule has 0 unspecified atom stereocenters. The van der Waals surface area contributed by atoms with Crippen molar-refractivity contribution in [1.29, 1.82) is 0 Å². The number of hydrogen-bond donors (Lipinski definition) is 2. The number of carbonyl (C=O) groups is 1. The summed E-state index contributed by atoms with van der Waals surface area (Å²) < 4.78 is 0. The van der Waals surface area contributed by atoms with E-state index in [2.05, 4.69) is 34.5 Å². The van der Waals surface area contributed by atoms with E-state index in [0.29, 0.717) is 11.5 Å². The molecule has 3 N–H and O–H groups in total. The standard InChI is InChI=1S/C19H27N3O/c20-18(23)16-6-2-11-22(16)13-14-4-1-5-15(12-14)21-17-7-10-19(17)8-3-9-19/h1,4-5,12,16-17,21H,2-3,6-11,13H2,(H2,20,23)/t16-,17+/m0/s1. The Morgan fingerprint density at radius 2 is 2.13 bits per heavy atom. The van der Waals surface area contributed by atoms with Crippen molar-refractivity contribution >= 4 is 11.6 Å². The first-order valence-corrected chi connectivity index (χ1v) is 9.05. The van der Waals surface area contributed by atoms with Crippen molar-refractivity contribution in [1.82, 2.24) is 4.90 Å². The summed E-state index contributed by atoms with van der Waals surface area (Å²) in [6, 6.07) is 9.28. The van der Waals surface area contributed by atoms with Crippen LogP contribution < -0.4 is 11.1 Å². The van der Waals surface area contributed by atoms with Gasteiger partial charge in [-0.1, -0.05) is 18.6 Å². The van der Waals surface area contributed by atoms with Crippen LogP contribution in [0.2, 0.25) is 0 Å². The normalized spacial score (nSPS) is 29.0. The van der Waals surface area contributed by atoms with Gasteiger partial charge in [0.1, 0.15) is 0 Å². The van der Waals surface area contributed by atoms with Crippen molar-refractivity contribution < 1.29 is 4.79 Å². The van der Waals surface area contributed by atoms with Crippen molar-refractivity contribution in [2.45, 2.75) is 63.6 Å². The first kappa shape index (κ1) is 15.0. The zero-order chi connectivity index (χ0) is 15.9. The zero-order valence-corrected chi connectivity index (χ0v) is 13.8. The van der Waals surface area contributed by atoms with E-state index in [1.807, 2.05) is 0 Å². The average Bonchev–Trinajstić information content (AvgIpc) is 2.91. The van der Waals surface area contributed by atoms with E-state index in [-0.39, 0.29) is 11.9 Å². The van der Waals surface area contributed by atoms with Gasteiger partial charge in [-0.2, -0.15) is 0 Å². The number of hydrogen-bond acceptors (Lipinski definition) is 3. The molecular weight excluding hydrogens is 286 g/mol. The second kappa shape index (κ2) is 5.82. The third-order valence-corrected chi connectivity index (χ3v) is 6.37. The summed E-state index contributed by atoms with van der Waals surface area (Å²) in [7, 11) is 0. The molecule has 3 aliphatic rings. The van der Waals surface area contributed by atoms with Gasteiger partial charge < -0.3 is 11.1 Å². The molecule has 1 aliphatic heterocycles. The molecule has 1 amide bonds. The third kappa shape index (κ3) is 2.74. The molecule has 3 fully saturated rings. The lowest BCUT2D eigenvalue weighted by Gasteiger charge is -2.56. The monoisotopic (exact) mass is 313 g/mol. The minimum atomic E-state index is -0.182. The third-order valence-electron chi connectivity index (χ3n) is 6.37. The number of amides is 1. The summed E-state index contributed by atoms with van der Waals surface area (Å²) in [5, 5.41) is 3.76. The van der Waals surface area contributed by atoms with Crippen LogP contribution >= 0.6 is 0 Å². The van der Waals surface area contributed by atoms with Gasteiger partial charge in [0.05, 0.1) is 6.04 Å². The highest BCUT2D eigenvalue weighted by molar-refractivity contribution is 5.80. The lowest BCUT2D eigenvalue weighted by molar-refractivity contribution is -0.122. The first-order chi connectivity index (χ1) is 11.2. The zero-order valence-electron chi connectivity index (χ0n) is 13.8. The van der Waals surface area contributed by atoms with Crippen LogP contribution in [-0.4, -0.2) is 29.4 Å². The largest absolute Gasteiger partial charge is 0.382 e. The maximum Gasteiger partial charge on any atom is 0.234 e. The number of primary amides is 1. The molecule has 4 heteroatoms. The van der Waals surface area contributed by atoms with Gasteiger partial charge in [0.2, 0.25) is 5.91 Å². The summed E-state index contributed by atoms with van der Waals surface area (Å²) in [5.41, 5.74) is 8.63. The Morgan fingerprint density at radius 3 is 2.78 bits per heavy atom. The lowest BCUT2D eigenvalue weighted by atomic mass is 9.53. The fourth-order valence-corrected chi connectivity index (χ4v) is 4.68. The number of likely N-dealkylation sites (tertiary alicyclic amines) is 1. The van der Waals surface area contributed by atoms with Gasteiger partial charge in [-0.25, -0.2) is 0 Å². The van der Waals surface area contributed by atoms with Gasteiger partial charge in [-0.3, -0.25) is 9.69 Å². The maximum absolute atomic E-state index is 11.5. The maximum atomic E-state index is 11.5. The van der Waals surface area contributed by atoms with Crippen molar-refractivity contribution in [2.75, 3.05) is 11.9 Å². The predicted octanol–water partition coefficient (Wildman–Crippen LogP) is 2.88. The van der Waals surface area contributed by atoms with E-state index in [1.165, 1.54) is 43.4 Å². The first-order valence-electron chi connectivity index (χ1n) is 9.05. The minimum Gasteiger partial charge on any atom is -0.382 e. The number of carbonyl (C=O) groups excluding carboxylic acids is 1. The number of nitrogens with one attached hydrogen (secondary N) is 1. The van der Waals surface area contributed by atoms with Crippen LogP contribution in [0.15, 0.2) is 24.3 Å². The number of benzene rings is 1. The Balaban J connectivity index is 1.41. The van der Waals surface area contributed by atoms with Gasteiger partial charge in [0.15, 0.2) is 0 Å². The van der Waals surface area contributed by atoms with Gasteiger partial charge in [-0.05, 0) is 68.2 Å². The van der Waals surface area contributed by atoms with Gasteiger partial charge in [0, 0.05) is 18.3 Å². The molecular formula is C19H27N3O. The fraction of sp³-hybridized carbons (Fsp3) is 0.632. The highest BCUT2D eigenvalue weighted by Gasteiger charge is 2.50. The summed E-state index contributed by atoms with van der Waals surface area (Å²) in [6.07, 6.45) is 8.88. The van der Waals surface area contributed by atoms with E-state index in [1.54, 1.807) is 0 Å². The van der Waals surface area contributed by atoms with E-state index in [0.717, 1.165) is 25.9 Å². The van der Waals surface area contributed by atoms with E-state index >= 15 is 0 Å². The number of anilines is 1. The van der Waals surface area contributed by atoms with Gasteiger partial charge in [0.25, 0.3) is 0 Å². The van der Waals surface area contributed by atoms with E-state index in [4.69, 9.17) is 5.73 Å². The van der Waals surface area contributed by atoms with Crippen LogP contribution in [0.4, 0.5) is 5.69 Å². The predicted molar refractivity (Wildman–Crippen MR) is 92.0 cm³/mol. The SMILES string of the molecule is NC(=O)[C@@H]1CCCN1Cc1cccc(N[C@@H]2CCC23CCC3)c1. The van der Waals surface area contributed by atoms with Crippen LogP contribution in [0.25, 0.3) is 0 Å². The molecule has 4 rings (SSSR count). The van der Waals surface area contributed by atoms with Crippen molar-refractivity contribution in [2.24, 2.45) is 11.1 Å². The smallest absolute Gasteiger partial charge is 0.234 e. The summed E-state index contributed by atoms with van der Waals surface area (Å²) >= 11 is 0. The second-order valence-electron chi connectivity index (χ2n) is 7.68. The van der Waals surface area contributed by atoms with Crippen LogP contribution in [0.5, 0.6) is 0 Å². The molecule has 2 saturated carbocycles. The molecule has 0 aromatic heterocycles.